The average molecular weight is 705 g/mol. The van der Waals surface area contributed by atoms with Gasteiger partial charge in [-0.05, 0) is 44.9 Å². The molecule has 0 amide bonds. The van der Waals surface area contributed by atoms with Crippen LogP contribution in [0.3, 0.4) is 0 Å². The minimum atomic E-state index is -0.768. The Bertz CT molecular complexity index is 761. The number of aliphatic hydroxyl groups is 1. The zero-order valence-corrected chi connectivity index (χ0v) is 33.4. The van der Waals surface area contributed by atoms with Crippen LogP contribution in [0.5, 0.6) is 0 Å². The summed E-state index contributed by atoms with van der Waals surface area (Å²) in [5, 5.41) is 9.58. The van der Waals surface area contributed by atoms with Crippen LogP contribution in [0.4, 0.5) is 0 Å². The van der Waals surface area contributed by atoms with Gasteiger partial charge >= 0.3 is 11.9 Å². The highest BCUT2D eigenvalue weighted by molar-refractivity contribution is 5.70. The minimum absolute atomic E-state index is 0.0634. The van der Waals surface area contributed by atoms with E-state index in [0.29, 0.717) is 12.8 Å². The Morgan fingerprint density at radius 1 is 0.460 bits per heavy atom. The van der Waals surface area contributed by atoms with Crippen molar-refractivity contribution in [3.05, 3.63) is 24.3 Å². The third-order valence-corrected chi connectivity index (χ3v) is 9.75. The quantitative estimate of drug-likeness (QED) is 0.0390. The lowest BCUT2D eigenvalue weighted by Crippen LogP contribution is -2.28. The average Bonchev–Trinajstić information content (AvgIpc) is 3.12. The van der Waals surface area contributed by atoms with Crippen molar-refractivity contribution in [2.75, 3.05) is 13.2 Å². The molecular weight excluding hydrogens is 620 g/mol. The predicted molar refractivity (Wildman–Crippen MR) is 215 cm³/mol. The molecule has 0 heterocycles. The van der Waals surface area contributed by atoms with Gasteiger partial charge in [-0.1, -0.05) is 199 Å². The molecule has 0 aliphatic carbocycles. The molecule has 0 aliphatic rings. The topological polar surface area (TPSA) is 72.8 Å². The summed E-state index contributed by atoms with van der Waals surface area (Å²) < 4.78 is 10.6. The van der Waals surface area contributed by atoms with Crippen molar-refractivity contribution in [2.24, 2.45) is 0 Å². The van der Waals surface area contributed by atoms with E-state index in [2.05, 4.69) is 38.2 Å². The molecule has 5 heteroatoms. The Kier molecular flexibility index (Phi) is 40.4. The molecule has 50 heavy (non-hydrogen) atoms. The zero-order valence-electron chi connectivity index (χ0n) is 33.4. The third kappa shape index (κ3) is 39.2. The highest BCUT2D eigenvalue weighted by Gasteiger charge is 2.16. The molecule has 0 unspecified atom stereocenters. The Morgan fingerprint density at radius 2 is 0.800 bits per heavy atom. The number of aliphatic hydroxyl groups excluding tert-OH is 1. The van der Waals surface area contributed by atoms with Gasteiger partial charge in [-0.2, -0.15) is 0 Å². The van der Waals surface area contributed by atoms with E-state index < -0.39 is 6.10 Å². The van der Waals surface area contributed by atoms with Crippen molar-refractivity contribution in [3.8, 4) is 0 Å². The van der Waals surface area contributed by atoms with E-state index in [1.807, 2.05) is 0 Å². The highest BCUT2D eigenvalue weighted by atomic mass is 16.6. The molecule has 0 saturated heterocycles. The van der Waals surface area contributed by atoms with E-state index in [0.717, 1.165) is 44.9 Å². The van der Waals surface area contributed by atoms with Crippen LogP contribution in [0.2, 0.25) is 0 Å². The molecule has 0 rings (SSSR count). The van der Waals surface area contributed by atoms with Gasteiger partial charge < -0.3 is 14.6 Å². The number of unbranched alkanes of at least 4 members (excludes halogenated alkanes) is 28. The monoisotopic (exact) mass is 705 g/mol. The van der Waals surface area contributed by atoms with Gasteiger partial charge in [-0.25, -0.2) is 0 Å². The number of rotatable bonds is 40. The van der Waals surface area contributed by atoms with Gasteiger partial charge in [0.05, 0.1) is 6.61 Å². The van der Waals surface area contributed by atoms with Gasteiger partial charge in [-0.3, -0.25) is 9.59 Å². The normalized spacial score (nSPS) is 12.3. The molecule has 1 atom stereocenters. The molecule has 1 N–H and O–H groups in total. The van der Waals surface area contributed by atoms with Crippen molar-refractivity contribution in [1.82, 2.24) is 0 Å². The van der Waals surface area contributed by atoms with E-state index in [9.17, 15) is 14.7 Å². The lowest BCUT2D eigenvalue weighted by molar-refractivity contribution is -0.161. The highest BCUT2D eigenvalue weighted by Crippen LogP contribution is 2.15. The fourth-order valence-electron chi connectivity index (χ4n) is 6.41. The van der Waals surface area contributed by atoms with Crippen LogP contribution >= 0.6 is 0 Å². The fraction of sp³-hybridized carbons (Fsp3) is 0.867. The van der Waals surface area contributed by atoms with Crippen molar-refractivity contribution in [1.29, 1.82) is 0 Å². The smallest absolute Gasteiger partial charge is 0.306 e. The molecule has 0 spiro atoms. The SMILES string of the molecule is CCCCC/C=C/C/C=C/CCCCCCCCCCCC(=O)OC[C@H](CO)OC(=O)CCCCCCCCCCCCCCCCCCC. The molecule has 0 fully saturated rings. The van der Waals surface area contributed by atoms with Crippen molar-refractivity contribution in [3.63, 3.8) is 0 Å². The van der Waals surface area contributed by atoms with Gasteiger partial charge in [0, 0.05) is 12.8 Å². The molecule has 0 aliphatic heterocycles. The summed E-state index contributed by atoms with van der Waals surface area (Å²) in [5.41, 5.74) is 0. The van der Waals surface area contributed by atoms with Gasteiger partial charge in [0.1, 0.15) is 6.61 Å². The van der Waals surface area contributed by atoms with Gasteiger partial charge in [0.2, 0.25) is 0 Å². The molecular formula is C45H84O5. The van der Waals surface area contributed by atoms with Crippen LogP contribution in [0, 0.1) is 0 Å². The lowest BCUT2D eigenvalue weighted by atomic mass is 10.0. The van der Waals surface area contributed by atoms with Crippen LogP contribution in [0.15, 0.2) is 24.3 Å². The Labute approximate surface area is 311 Å². The van der Waals surface area contributed by atoms with E-state index >= 15 is 0 Å². The van der Waals surface area contributed by atoms with E-state index in [1.54, 1.807) is 0 Å². The molecule has 0 aromatic carbocycles. The largest absolute Gasteiger partial charge is 0.462 e. The lowest BCUT2D eigenvalue weighted by Gasteiger charge is -2.15. The summed E-state index contributed by atoms with van der Waals surface area (Å²) in [7, 11) is 0. The molecule has 0 bridgehead atoms. The van der Waals surface area contributed by atoms with Crippen LogP contribution in [-0.4, -0.2) is 36.4 Å². The number of carbonyl (C=O) groups excluding carboxylic acids is 2. The second-order valence-corrected chi connectivity index (χ2v) is 14.8. The first-order chi connectivity index (χ1) is 24.6. The third-order valence-electron chi connectivity index (χ3n) is 9.75. The molecule has 0 aromatic heterocycles. The van der Waals surface area contributed by atoms with Gasteiger partial charge in [-0.15, -0.1) is 0 Å². The maximum Gasteiger partial charge on any atom is 0.306 e. The Hall–Kier alpha value is -1.62. The summed E-state index contributed by atoms with van der Waals surface area (Å²) >= 11 is 0. The van der Waals surface area contributed by atoms with Crippen molar-refractivity contribution >= 4 is 11.9 Å². The Morgan fingerprint density at radius 3 is 1.22 bits per heavy atom. The first-order valence-corrected chi connectivity index (χ1v) is 21.9. The van der Waals surface area contributed by atoms with Crippen LogP contribution in [0.1, 0.15) is 232 Å². The van der Waals surface area contributed by atoms with E-state index in [-0.39, 0.29) is 25.2 Å². The van der Waals surface area contributed by atoms with E-state index in [4.69, 9.17) is 9.47 Å². The zero-order chi connectivity index (χ0) is 36.4. The van der Waals surface area contributed by atoms with Crippen LogP contribution in [0.25, 0.3) is 0 Å². The van der Waals surface area contributed by atoms with Crippen LogP contribution < -0.4 is 0 Å². The number of esters is 2. The summed E-state index contributed by atoms with van der Waals surface area (Å²) in [6.07, 6.45) is 49.6. The molecule has 0 saturated carbocycles. The van der Waals surface area contributed by atoms with Crippen LogP contribution in [-0.2, 0) is 19.1 Å². The Balaban J connectivity index is 3.50. The fourth-order valence-corrected chi connectivity index (χ4v) is 6.41. The standard InChI is InChI=1S/C45H84O5/c1-3-5-7-9-11-13-15-17-19-21-22-24-25-27-29-31-33-35-37-39-44(47)49-42-43(41-46)50-45(48)40-38-36-34-32-30-28-26-23-20-18-16-14-12-10-8-6-4-2/h11,13,17,19,43,46H,3-10,12,14-16,18,20-42H2,1-2H3/b13-11+,19-17+/t43-/m0/s1. The number of ether oxygens (including phenoxy) is 2. The summed E-state index contributed by atoms with van der Waals surface area (Å²) in [4.78, 5) is 24.3. The van der Waals surface area contributed by atoms with Crippen molar-refractivity contribution in [2.45, 2.75) is 238 Å². The molecule has 294 valence electrons. The number of hydrogen-bond acceptors (Lipinski definition) is 5. The minimum Gasteiger partial charge on any atom is -0.462 e. The first-order valence-electron chi connectivity index (χ1n) is 21.9. The van der Waals surface area contributed by atoms with Crippen molar-refractivity contribution < 1.29 is 24.2 Å². The summed E-state index contributed by atoms with van der Waals surface area (Å²) in [5.74, 6) is -0.584. The molecule has 0 radical (unpaired) electrons. The number of allylic oxidation sites excluding steroid dienone is 4. The number of carbonyl (C=O) groups is 2. The molecule has 0 aromatic rings. The first kappa shape index (κ1) is 48.4. The maximum atomic E-state index is 12.2. The predicted octanol–water partition coefficient (Wildman–Crippen LogP) is 13.8. The molecule has 5 nitrogen and oxygen atoms in total. The number of hydrogen-bond donors (Lipinski definition) is 1. The van der Waals surface area contributed by atoms with Gasteiger partial charge in [0.25, 0.3) is 0 Å². The van der Waals surface area contributed by atoms with Gasteiger partial charge in [0.15, 0.2) is 6.10 Å². The summed E-state index contributed by atoms with van der Waals surface area (Å²) in [6, 6.07) is 0. The van der Waals surface area contributed by atoms with E-state index in [1.165, 1.54) is 161 Å². The second kappa shape index (κ2) is 41.8. The second-order valence-electron chi connectivity index (χ2n) is 14.8. The maximum absolute atomic E-state index is 12.2. The summed E-state index contributed by atoms with van der Waals surface area (Å²) in [6.45, 7) is 4.13.